The summed E-state index contributed by atoms with van der Waals surface area (Å²) in [7, 11) is 0. The summed E-state index contributed by atoms with van der Waals surface area (Å²) in [6.45, 7) is 0. The van der Waals surface area contributed by atoms with E-state index >= 15 is 0 Å². The molecule has 0 aliphatic carbocycles. The largest absolute Gasteiger partial charge is 1.00 e. The van der Waals surface area contributed by atoms with Crippen molar-refractivity contribution in [2.45, 2.75) is 0 Å². The molecule has 3 nitrogen and oxygen atoms in total. The predicted octanol–water partition coefficient (Wildman–Crippen LogP) is -4.06. The van der Waals surface area contributed by atoms with E-state index in [0.717, 1.165) is 0 Å². The van der Waals surface area contributed by atoms with Crippen molar-refractivity contribution in [3.63, 3.8) is 0 Å². The minimum absolute atomic E-state index is 0. The summed E-state index contributed by atoms with van der Waals surface area (Å²) in [5.74, 6) is 0. The Morgan fingerprint density at radius 2 is 2.29 bits per heavy atom. The van der Waals surface area contributed by atoms with E-state index in [1.54, 1.807) is 0 Å². The fourth-order valence-corrected chi connectivity index (χ4v) is 0.0481. The van der Waals surface area contributed by atoms with E-state index in [0.29, 0.717) is 0 Å². The van der Waals surface area contributed by atoms with Crippen molar-refractivity contribution < 1.29 is 44.2 Å². The van der Waals surface area contributed by atoms with E-state index in [1.807, 2.05) is 0 Å². The Kier molecular flexibility index (Phi) is 8.29. The van der Waals surface area contributed by atoms with Crippen molar-refractivity contribution in [1.29, 1.82) is 0 Å². The quantitative estimate of drug-likeness (QED) is 0.180. The molecule has 0 saturated heterocycles. The van der Waals surface area contributed by atoms with Crippen LogP contribution in [-0.4, -0.2) is 6.16 Å². The molecule has 0 spiro atoms. The summed E-state index contributed by atoms with van der Waals surface area (Å²) in [5.41, 5.74) is 0. The molecule has 0 atom stereocenters. The first kappa shape index (κ1) is 9.95. The summed E-state index contributed by atoms with van der Waals surface area (Å²) >= 11 is 0. The minimum atomic E-state index is -1.70. The maximum Gasteiger partial charge on any atom is 1.00 e. The van der Waals surface area contributed by atoms with Gasteiger partial charge in [-0.15, -0.1) is 0 Å². The normalized spacial score (nSPS) is 5.00. The second kappa shape index (κ2) is 5.83. The van der Waals surface area contributed by atoms with Crippen molar-refractivity contribution in [3.8, 4) is 12.5 Å². The monoisotopic (exact) mass is 108 g/mol. The third-order valence-corrected chi connectivity index (χ3v) is 0.142. The zero-order valence-electron chi connectivity index (χ0n) is 3.80. The number of hydrogen-bond donors (Lipinski definition) is 0. The average molecular weight is 108 g/mol. The second-order valence-electron chi connectivity index (χ2n) is 0.470. The van der Waals surface area contributed by atoms with Crippen LogP contribution in [0.25, 0.3) is 0 Å². The molecule has 32 valence electrons. The molecule has 0 fully saturated rings. The fraction of sp³-hybridized carbons (Fsp3) is 0. The van der Waals surface area contributed by atoms with Gasteiger partial charge in [-0.2, -0.15) is 0 Å². The van der Waals surface area contributed by atoms with Crippen LogP contribution in [0.2, 0.25) is 0 Å². The first-order valence-electron chi connectivity index (χ1n) is 1.11. The van der Waals surface area contributed by atoms with E-state index in [1.165, 1.54) is 6.11 Å². The molecule has 0 aromatic heterocycles. The van der Waals surface area contributed by atoms with Gasteiger partial charge in [0.25, 0.3) is 6.16 Å². The van der Waals surface area contributed by atoms with Crippen LogP contribution < -0.4 is 34.7 Å². The molecule has 0 saturated carbocycles. The van der Waals surface area contributed by atoms with Crippen LogP contribution in [0, 0.1) is 12.5 Å². The van der Waals surface area contributed by atoms with Crippen LogP contribution in [0.15, 0.2) is 0 Å². The van der Waals surface area contributed by atoms with Crippen LogP contribution in [0.4, 0.5) is 4.79 Å². The summed E-state index contributed by atoms with van der Waals surface area (Å²) in [5, 5.41) is 9.12. The molecule has 0 aromatic rings. The van der Waals surface area contributed by atoms with Gasteiger partial charge in [0.05, 0.1) is 0 Å². The zero-order valence-corrected chi connectivity index (χ0v) is 5.80. The number of carbonyl (C=O) groups is 1. The second-order valence-corrected chi connectivity index (χ2v) is 0.470. The number of terminal acetylenes is 1. The number of carbonyl (C=O) groups excluding carboxylic acids is 1. The Labute approximate surface area is 63.0 Å². The van der Waals surface area contributed by atoms with Crippen molar-refractivity contribution >= 4 is 6.16 Å². The van der Waals surface area contributed by atoms with E-state index in [-0.39, 0.29) is 29.6 Å². The molecule has 0 heterocycles. The molecule has 0 N–H and O–H groups in total. The van der Waals surface area contributed by atoms with E-state index in [2.05, 4.69) is 11.2 Å². The van der Waals surface area contributed by atoms with Crippen molar-refractivity contribution in [2.24, 2.45) is 0 Å². The molecule has 4 heteroatoms. The summed E-state index contributed by atoms with van der Waals surface area (Å²) in [6, 6.07) is 0. The zero-order chi connectivity index (χ0) is 4.99. The molecule has 7 heavy (non-hydrogen) atoms. The van der Waals surface area contributed by atoms with Gasteiger partial charge in [-0.3, -0.25) is 0 Å². The third-order valence-electron chi connectivity index (χ3n) is 0.142. The van der Waals surface area contributed by atoms with E-state index in [4.69, 9.17) is 9.90 Å². The SMILES string of the molecule is C#COC(=O)[O-].[Na+]. The van der Waals surface area contributed by atoms with Crippen LogP contribution in [0.1, 0.15) is 0 Å². The van der Waals surface area contributed by atoms with Crippen molar-refractivity contribution in [1.82, 2.24) is 0 Å². The molecule has 0 bridgehead atoms. The molecule has 0 aromatic carbocycles. The molecule has 0 radical (unpaired) electrons. The Hall–Kier alpha value is -0.170. The number of rotatable bonds is 0. The molecule has 0 aliphatic heterocycles. The maximum absolute atomic E-state index is 9.12. The summed E-state index contributed by atoms with van der Waals surface area (Å²) in [4.78, 5) is 9.12. The van der Waals surface area contributed by atoms with Gasteiger partial charge in [0, 0.05) is 6.11 Å². The molecular weight excluding hydrogens is 107 g/mol. The average Bonchev–Trinajstić information content (AvgIpc) is 1.35. The minimum Gasteiger partial charge on any atom is -0.465 e. The Bertz CT molecular complexity index is 92.8. The van der Waals surface area contributed by atoms with Crippen molar-refractivity contribution in [2.75, 3.05) is 0 Å². The smallest absolute Gasteiger partial charge is 0.465 e. The molecule has 0 aliphatic rings. The molecular formula is C3HNaO3. The Morgan fingerprint density at radius 1 is 1.86 bits per heavy atom. The Morgan fingerprint density at radius 3 is 2.29 bits per heavy atom. The topological polar surface area (TPSA) is 49.4 Å². The summed E-state index contributed by atoms with van der Waals surface area (Å²) < 4.78 is 3.38. The van der Waals surface area contributed by atoms with Crippen molar-refractivity contribution in [3.05, 3.63) is 0 Å². The standard InChI is InChI=1S/C3H2O3.Na/c1-2-6-3(4)5;/h1H,(H,4,5);/q;+1/p-1. The van der Waals surface area contributed by atoms with Gasteiger partial charge in [0.1, 0.15) is 0 Å². The molecule has 0 rings (SSSR count). The van der Waals surface area contributed by atoms with Gasteiger partial charge in [0.15, 0.2) is 0 Å². The predicted molar refractivity (Wildman–Crippen MR) is 15.3 cm³/mol. The van der Waals surface area contributed by atoms with Gasteiger partial charge in [-0.1, -0.05) is 6.42 Å². The maximum atomic E-state index is 9.12. The van der Waals surface area contributed by atoms with Crippen LogP contribution in [0.3, 0.4) is 0 Å². The van der Waals surface area contributed by atoms with Gasteiger partial charge >= 0.3 is 29.6 Å². The molecule has 0 unspecified atom stereocenters. The van der Waals surface area contributed by atoms with Crippen LogP contribution in [-0.2, 0) is 4.74 Å². The van der Waals surface area contributed by atoms with Gasteiger partial charge in [-0.25, -0.2) is 0 Å². The number of hydrogen-bond acceptors (Lipinski definition) is 3. The number of ether oxygens (including phenoxy) is 1. The first-order valence-corrected chi connectivity index (χ1v) is 1.11. The van der Waals surface area contributed by atoms with Crippen LogP contribution in [0.5, 0.6) is 0 Å². The van der Waals surface area contributed by atoms with Crippen LogP contribution >= 0.6 is 0 Å². The van der Waals surface area contributed by atoms with Gasteiger partial charge in [0.2, 0.25) is 0 Å². The fourth-order valence-electron chi connectivity index (χ4n) is 0.0481. The molecule has 0 amide bonds. The first-order chi connectivity index (χ1) is 2.77. The van der Waals surface area contributed by atoms with Gasteiger partial charge in [-0.05, 0) is 0 Å². The summed E-state index contributed by atoms with van der Waals surface area (Å²) in [6.07, 6.45) is 4.04. The third kappa shape index (κ3) is 10.7. The number of carboxylic acid groups (broad SMARTS) is 1. The van der Waals surface area contributed by atoms with Gasteiger partial charge < -0.3 is 14.6 Å². The van der Waals surface area contributed by atoms with E-state index in [9.17, 15) is 0 Å². The van der Waals surface area contributed by atoms with E-state index < -0.39 is 6.16 Å². The Balaban J connectivity index is 0.